The Morgan fingerprint density at radius 1 is 0.985 bits per heavy atom. The van der Waals surface area contributed by atoms with Crippen LogP contribution in [0.2, 0.25) is 0 Å². The molecule has 2 unspecified atom stereocenters. The summed E-state index contributed by atoms with van der Waals surface area (Å²) in [5, 5.41) is 14.1. The van der Waals surface area contributed by atoms with Crippen molar-refractivity contribution in [2.24, 2.45) is 0 Å². The number of imidazole rings is 1. The third-order valence-electron chi connectivity index (χ3n) is 9.94. The molecular formula is C36H54N10O18P2S. The van der Waals surface area contributed by atoms with Gasteiger partial charge in [0.15, 0.2) is 23.8 Å². The van der Waals surface area contributed by atoms with Crippen LogP contribution >= 0.6 is 27.4 Å². The second kappa shape index (κ2) is 20.6. The number of amides is 2. The fourth-order valence-corrected chi connectivity index (χ4v) is 9.54. The molecule has 28 nitrogen and oxygen atoms in total. The maximum absolute atomic E-state index is 14.2. The van der Waals surface area contributed by atoms with Crippen LogP contribution in [0.4, 0.5) is 21.2 Å². The van der Waals surface area contributed by atoms with Crippen molar-refractivity contribution in [2.75, 3.05) is 37.1 Å². The van der Waals surface area contributed by atoms with Gasteiger partial charge in [0.1, 0.15) is 65.5 Å². The topological polar surface area (TPSA) is 386 Å². The number of aromatic nitrogens is 6. The Bertz CT molecular complexity index is 2430. The molecule has 0 aliphatic carbocycles. The highest BCUT2D eigenvalue weighted by molar-refractivity contribution is 8.00. The molecule has 2 amide bonds. The Morgan fingerprint density at radius 3 is 2.36 bits per heavy atom. The van der Waals surface area contributed by atoms with Gasteiger partial charge < -0.3 is 60.3 Å². The van der Waals surface area contributed by atoms with Crippen molar-refractivity contribution in [3.63, 3.8) is 0 Å². The number of hydrogen-bond donors (Lipinski definition) is 7. The van der Waals surface area contributed by atoms with Crippen molar-refractivity contribution in [2.45, 2.75) is 126 Å². The predicted octanol–water partition coefficient (Wildman–Crippen LogP) is 1.30. The first-order chi connectivity index (χ1) is 31.1. The molecule has 31 heteroatoms. The van der Waals surface area contributed by atoms with Crippen LogP contribution in [0, 0.1) is 0 Å². The fraction of sp³-hybridized carbons (Fsp3) is 0.667. The molecule has 3 saturated heterocycles. The molecule has 67 heavy (non-hydrogen) atoms. The van der Waals surface area contributed by atoms with Crippen LogP contribution in [0.5, 0.6) is 0 Å². The number of nitrogens with one attached hydrogen (secondary N) is 1. The number of esters is 1. The normalized spacial score (nSPS) is 26.0. The first kappa shape index (κ1) is 51.9. The highest BCUT2D eigenvalue weighted by atomic mass is 32.2. The number of fused-ring (bicyclic) bond motifs is 1. The number of nitrogens with zero attached hydrogens (tertiary/aromatic N) is 7. The summed E-state index contributed by atoms with van der Waals surface area (Å²) in [5.74, 6) is -0.881. The number of thioether (sulfide) groups is 1. The van der Waals surface area contributed by atoms with E-state index in [-0.39, 0.29) is 53.9 Å². The number of nitrogen functional groups attached to an aromatic ring is 2. The number of rotatable bonds is 16. The molecule has 3 aliphatic heterocycles. The van der Waals surface area contributed by atoms with E-state index >= 15 is 0 Å². The summed E-state index contributed by atoms with van der Waals surface area (Å²) in [6, 6.07) is -0.133. The van der Waals surface area contributed by atoms with E-state index in [2.05, 4.69) is 29.8 Å². The first-order valence-corrected chi connectivity index (χ1v) is 24.6. The molecule has 0 radical (unpaired) electrons. The van der Waals surface area contributed by atoms with Gasteiger partial charge in [0.05, 0.1) is 25.4 Å². The van der Waals surface area contributed by atoms with Crippen LogP contribution < -0.4 is 22.5 Å². The summed E-state index contributed by atoms with van der Waals surface area (Å²) < 4.78 is 71.4. The number of hydrogen-bond acceptors (Lipinski definition) is 22. The molecule has 10 atom stereocenters. The van der Waals surface area contributed by atoms with Gasteiger partial charge in [-0.2, -0.15) is 4.98 Å². The summed E-state index contributed by atoms with van der Waals surface area (Å²) >= 11 is 1.44. The quantitative estimate of drug-likeness (QED) is 0.0604. The third-order valence-corrected chi connectivity index (χ3v) is 12.8. The van der Waals surface area contributed by atoms with Crippen molar-refractivity contribution < 1.29 is 80.6 Å². The number of phosphoric acid groups is 2. The summed E-state index contributed by atoms with van der Waals surface area (Å²) in [7, 11) is -10.4. The van der Waals surface area contributed by atoms with Gasteiger partial charge in [0.2, 0.25) is 0 Å². The number of carbonyl (C=O) groups is 3. The van der Waals surface area contributed by atoms with Crippen molar-refractivity contribution in [1.29, 1.82) is 0 Å². The van der Waals surface area contributed by atoms with E-state index in [1.54, 1.807) is 41.5 Å². The number of aliphatic hydroxyl groups is 1. The van der Waals surface area contributed by atoms with Gasteiger partial charge in [0.25, 0.3) is 0 Å². The predicted molar refractivity (Wildman–Crippen MR) is 231 cm³/mol. The van der Waals surface area contributed by atoms with Crippen molar-refractivity contribution in [1.82, 2.24) is 39.3 Å². The number of alkyl carbamates (subject to hydrolysis) is 1. The molecule has 0 saturated carbocycles. The standard InChI is InChI=1S/C36H54N10O18P2S/c1-35(2,3)62-33(50)42-19(8-7-18-12-44(17-67-18)34(51)63-36(4,5)6)31(48)61-27-22(60-30(26(27)47)46-16-41-25-28(38)39-15-40-29(25)46)14-58-66(55,56)64-20-11-24(45-10-9-23(37)43-32(45)49)59-21(20)13-57-65(52,53)54/h9-10,15-16,18-22,24,26-27,30,47H,7-8,11-14,17H2,1-6H3,(H,42,50)(H,55,56)(H2,37,43,49)(H2,38,39,40)(H2,52,53,54)/t18?,19-,20-,21+,22+,24+,26+,27+,30+/m0/s1. The molecule has 0 bridgehead atoms. The van der Waals surface area contributed by atoms with Crippen LogP contribution in [0.25, 0.3) is 11.2 Å². The van der Waals surface area contributed by atoms with E-state index < -0.39 is 113 Å². The third kappa shape index (κ3) is 14.0. The highest BCUT2D eigenvalue weighted by Crippen LogP contribution is 2.50. The Morgan fingerprint density at radius 2 is 1.69 bits per heavy atom. The van der Waals surface area contributed by atoms with E-state index in [0.29, 0.717) is 5.88 Å². The summed E-state index contributed by atoms with van der Waals surface area (Å²) in [6.45, 7) is 8.57. The maximum atomic E-state index is 14.2. The Hall–Kier alpha value is -4.51. The van der Waals surface area contributed by atoms with Gasteiger partial charge in [-0.05, 0) is 60.5 Å². The number of aliphatic hydroxyl groups excluding tert-OH is 1. The largest absolute Gasteiger partial charge is 0.472 e. The van der Waals surface area contributed by atoms with Crippen molar-refractivity contribution >= 4 is 68.4 Å². The lowest BCUT2D eigenvalue weighted by Crippen LogP contribution is -2.48. The van der Waals surface area contributed by atoms with Gasteiger partial charge in [0, 0.05) is 24.4 Å². The summed E-state index contributed by atoms with van der Waals surface area (Å²) in [5.41, 5.74) is 9.21. The molecule has 6 rings (SSSR count). The van der Waals surface area contributed by atoms with Crippen LogP contribution in [-0.4, -0.2) is 151 Å². The van der Waals surface area contributed by atoms with Crippen LogP contribution in [0.15, 0.2) is 29.7 Å². The Kier molecular flexibility index (Phi) is 16.0. The minimum Gasteiger partial charge on any atom is -0.455 e. The number of ether oxygens (including phenoxy) is 5. The van der Waals surface area contributed by atoms with E-state index in [9.17, 15) is 48.1 Å². The lowest BCUT2D eigenvalue weighted by Gasteiger charge is -2.27. The van der Waals surface area contributed by atoms with Crippen molar-refractivity contribution in [3.8, 4) is 0 Å². The lowest BCUT2D eigenvalue weighted by molar-refractivity contribution is -0.159. The second-order valence-corrected chi connectivity index (χ2v) is 21.4. The molecule has 372 valence electrons. The average molecular weight is 1010 g/mol. The summed E-state index contributed by atoms with van der Waals surface area (Å²) in [6.07, 6.45) is -8.74. The SMILES string of the molecule is CC(C)(C)OC(=O)N[C@@H](CCC1CN(C(=O)OC(C)(C)C)CS1)C(=O)O[C@H]1[C@@H](O)[C@H](n2cnc3c(N)ncnc32)O[C@@H]1COP(=O)(O)O[C@H]1C[C@H](n2ccc(N)nc2=O)O[C@@H]1COP(=O)(O)O. The van der Waals surface area contributed by atoms with E-state index in [4.69, 9.17) is 44.2 Å². The molecule has 0 aromatic carbocycles. The van der Waals surface area contributed by atoms with Crippen LogP contribution in [-0.2, 0) is 51.2 Å². The van der Waals surface area contributed by atoms with Gasteiger partial charge in [-0.3, -0.25) is 27.6 Å². The number of phosphoric ester groups is 2. The second-order valence-electron chi connectivity index (χ2n) is 17.5. The van der Waals surface area contributed by atoms with E-state index in [1.165, 1.54) is 39.8 Å². The Labute approximate surface area is 386 Å². The zero-order valence-electron chi connectivity index (χ0n) is 37.0. The molecular weight excluding hydrogens is 954 g/mol. The smallest absolute Gasteiger partial charge is 0.455 e. The molecule has 6 heterocycles. The lowest BCUT2D eigenvalue weighted by atomic mass is 10.1. The highest BCUT2D eigenvalue weighted by Gasteiger charge is 2.50. The summed E-state index contributed by atoms with van der Waals surface area (Å²) in [4.78, 5) is 99.7. The van der Waals surface area contributed by atoms with Crippen molar-refractivity contribution in [3.05, 3.63) is 35.4 Å². The zero-order chi connectivity index (χ0) is 49.2. The molecule has 3 aromatic rings. The monoisotopic (exact) mass is 1010 g/mol. The molecule has 3 aromatic heterocycles. The Balaban J connectivity index is 1.21. The number of nitrogens with two attached hydrogens (primary N) is 2. The van der Waals surface area contributed by atoms with Gasteiger partial charge in [-0.1, -0.05) is 0 Å². The van der Waals surface area contributed by atoms with Crippen LogP contribution in [0.3, 0.4) is 0 Å². The molecule has 9 N–H and O–H groups in total. The van der Waals surface area contributed by atoms with E-state index in [1.807, 2.05) is 0 Å². The zero-order valence-corrected chi connectivity index (χ0v) is 39.7. The molecule has 3 fully saturated rings. The minimum atomic E-state index is -5.27. The van der Waals surface area contributed by atoms with E-state index in [0.717, 1.165) is 10.9 Å². The fourth-order valence-electron chi connectivity index (χ4n) is 7.04. The van der Waals surface area contributed by atoms with Gasteiger partial charge in [-0.25, -0.2) is 43.3 Å². The molecule has 3 aliphatic rings. The minimum absolute atomic E-state index is 0.0108. The van der Waals surface area contributed by atoms with Gasteiger partial charge in [-0.15, -0.1) is 11.8 Å². The first-order valence-electron chi connectivity index (χ1n) is 20.6. The molecule has 0 spiro atoms. The van der Waals surface area contributed by atoms with Crippen LogP contribution in [0.1, 0.15) is 73.3 Å². The average Bonchev–Trinajstić information content (AvgIpc) is 4.00. The number of carbonyl (C=O) groups excluding carboxylic acids is 3. The van der Waals surface area contributed by atoms with Gasteiger partial charge >= 0.3 is 39.5 Å². The number of anilines is 2. The maximum Gasteiger partial charge on any atom is 0.472 e.